The Morgan fingerprint density at radius 3 is 2.76 bits per heavy atom. The predicted octanol–water partition coefficient (Wildman–Crippen LogP) is 3.67. The number of carbonyl (C=O) groups is 1. The molecule has 0 aromatic heterocycles. The molecule has 6 heteroatoms. The minimum atomic E-state index is -0.0375. The van der Waals surface area contributed by atoms with Crippen LogP contribution in [0.1, 0.15) is 24.2 Å². The van der Waals surface area contributed by atoms with Crippen molar-refractivity contribution in [2.24, 2.45) is 0 Å². The Hall–Kier alpha value is -2.08. The van der Waals surface area contributed by atoms with E-state index < -0.39 is 0 Å². The van der Waals surface area contributed by atoms with E-state index in [9.17, 15) is 9.90 Å². The number of rotatable bonds is 8. The van der Waals surface area contributed by atoms with E-state index in [4.69, 9.17) is 9.47 Å². The van der Waals surface area contributed by atoms with E-state index in [2.05, 4.69) is 0 Å². The van der Waals surface area contributed by atoms with Gasteiger partial charge in [0.25, 0.3) is 0 Å². The fourth-order valence-electron chi connectivity index (χ4n) is 2.72. The van der Waals surface area contributed by atoms with Crippen LogP contribution < -0.4 is 9.47 Å². The van der Waals surface area contributed by atoms with Gasteiger partial charge in [-0.05, 0) is 50.5 Å². The molecule has 136 valence electrons. The second-order valence-electron chi connectivity index (χ2n) is 5.88. The largest absolute Gasteiger partial charge is 0.508 e. The van der Waals surface area contributed by atoms with Crippen molar-refractivity contribution >= 4 is 17.5 Å². The third kappa shape index (κ3) is 4.95. The first-order valence-corrected chi connectivity index (χ1v) is 9.54. The Labute approximate surface area is 153 Å². The van der Waals surface area contributed by atoms with Crippen molar-refractivity contribution in [3.8, 4) is 11.5 Å². The van der Waals surface area contributed by atoms with Crippen LogP contribution >= 0.6 is 11.8 Å². The van der Waals surface area contributed by atoms with Gasteiger partial charge in [-0.15, -0.1) is 0 Å². The maximum Gasteiger partial charge on any atom is 0.182 e. The minimum Gasteiger partial charge on any atom is -0.508 e. The SMILES string of the molecule is COc1ccc(C(=O)CN2C(C)=CC(O)=CC2C)cc1OCCSC. The maximum absolute atomic E-state index is 12.7. The lowest BCUT2D eigenvalue weighted by Gasteiger charge is -2.32. The van der Waals surface area contributed by atoms with Crippen molar-refractivity contribution < 1.29 is 19.4 Å². The van der Waals surface area contributed by atoms with E-state index in [0.717, 1.165) is 11.4 Å². The van der Waals surface area contributed by atoms with E-state index >= 15 is 0 Å². The van der Waals surface area contributed by atoms with Gasteiger partial charge in [0.15, 0.2) is 17.3 Å². The van der Waals surface area contributed by atoms with E-state index in [-0.39, 0.29) is 24.1 Å². The maximum atomic E-state index is 12.7. The summed E-state index contributed by atoms with van der Waals surface area (Å²) in [4.78, 5) is 14.7. The molecule has 0 amide bonds. The van der Waals surface area contributed by atoms with Gasteiger partial charge in [-0.25, -0.2) is 0 Å². The third-order valence-electron chi connectivity index (χ3n) is 4.06. The van der Waals surface area contributed by atoms with Crippen molar-refractivity contribution in [3.63, 3.8) is 0 Å². The quantitative estimate of drug-likeness (QED) is 0.562. The number of aliphatic hydroxyl groups excluding tert-OH is 1. The number of hydrogen-bond donors (Lipinski definition) is 1. The van der Waals surface area contributed by atoms with E-state index in [0.29, 0.717) is 23.7 Å². The molecule has 1 aromatic carbocycles. The van der Waals surface area contributed by atoms with Crippen LogP contribution in [0.2, 0.25) is 0 Å². The highest BCUT2D eigenvalue weighted by atomic mass is 32.2. The lowest BCUT2D eigenvalue weighted by atomic mass is 10.1. The highest BCUT2D eigenvalue weighted by molar-refractivity contribution is 7.98. The smallest absolute Gasteiger partial charge is 0.182 e. The van der Waals surface area contributed by atoms with Crippen LogP contribution in [0, 0.1) is 0 Å². The van der Waals surface area contributed by atoms with Crippen LogP contribution in [0.15, 0.2) is 41.8 Å². The van der Waals surface area contributed by atoms with Gasteiger partial charge in [0.05, 0.1) is 20.3 Å². The number of nitrogens with zero attached hydrogens (tertiary/aromatic N) is 1. The van der Waals surface area contributed by atoms with Crippen LogP contribution in [0.4, 0.5) is 0 Å². The van der Waals surface area contributed by atoms with Crippen molar-refractivity contribution in [1.29, 1.82) is 0 Å². The Kier molecular flexibility index (Phi) is 6.82. The highest BCUT2D eigenvalue weighted by Crippen LogP contribution is 2.29. The number of carbonyl (C=O) groups excluding carboxylic acids is 1. The van der Waals surface area contributed by atoms with Crippen LogP contribution in [0.25, 0.3) is 0 Å². The normalized spacial score (nSPS) is 17.0. The molecule has 25 heavy (non-hydrogen) atoms. The number of thioether (sulfide) groups is 1. The number of ketones is 1. The summed E-state index contributed by atoms with van der Waals surface area (Å²) in [5, 5.41) is 9.66. The topological polar surface area (TPSA) is 59.0 Å². The number of aliphatic hydroxyl groups is 1. The first-order valence-electron chi connectivity index (χ1n) is 8.15. The average Bonchev–Trinajstić information content (AvgIpc) is 2.58. The molecule has 1 aliphatic heterocycles. The molecule has 1 unspecified atom stereocenters. The predicted molar refractivity (Wildman–Crippen MR) is 102 cm³/mol. The molecule has 1 aliphatic rings. The van der Waals surface area contributed by atoms with Gasteiger partial charge in [-0.2, -0.15) is 11.8 Å². The third-order valence-corrected chi connectivity index (χ3v) is 4.63. The van der Waals surface area contributed by atoms with Crippen molar-refractivity contribution in [1.82, 2.24) is 4.90 Å². The van der Waals surface area contributed by atoms with Gasteiger partial charge in [-0.3, -0.25) is 4.79 Å². The van der Waals surface area contributed by atoms with Crippen molar-refractivity contribution in [3.05, 3.63) is 47.4 Å². The van der Waals surface area contributed by atoms with Gasteiger partial charge >= 0.3 is 0 Å². The second-order valence-corrected chi connectivity index (χ2v) is 6.86. The summed E-state index contributed by atoms with van der Waals surface area (Å²) in [5.74, 6) is 2.30. The van der Waals surface area contributed by atoms with E-state index in [1.54, 1.807) is 49.2 Å². The Morgan fingerprint density at radius 2 is 2.12 bits per heavy atom. The van der Waals surface area contributed by atoms with Gasteiger partial charge in [0, 0.05) is 23.1 Å². The zero-order valence-corrected chi connectivity index (χ0v) is 15.9. The zero-order valence-electron chi connectivity index (χ0n) is 15.1. The number of allylic oxidation sites excluding steroid dienone is 2. The van der Waals surface area contributed by atoms with Crippen molar-refractivity contribution in [2.75, 3.05) is 32.3 Å². The molecule has 0 radical (unpaired) electrons. The van der Waals surface area contributed by atoms with E-state index in [1.807, 2.05) is 25.0 Å². The Bertz CT molecular complexity index is 684. The second kappa shape index (κ2) is 8.85. The summed E-state index contributed by atoms with van der Waals surface area (Å²) in [6, 6.07) is 5.21. The van der Waals surface area contributed by atoms with Crippen molar-refractivity contribution in [2.45, 2.75) is 19.9 Å². The summed E-state index contributed by atoms with van der Waals surface area (Å²) < 4.78 is 11.0. The highest BCUT2D eigenvalue weighted by Gasteiger charge is 2.21. The number of ether oxygens (including phenoxy) is 2. The van der Waals surface area contributed by atoms with Crippen LogP contribution in [0.3, 0.4) is 0 Å². The minimum absolute atomic E-state index is 0.00763. The fourth-order valence-corrected chi connectivity index (χ4v) is 2.97. The first-order chi connectivity index (χ1) is 12.0. The average molecular weight is 363 g/mol. The molecule has 1 N–H and O–H groups in total. The molecular weight excluding hydrogens is 338 g/mol. The summed E-state index contributed by atoms with van der Waals surface area (Å²) in [7, 11) is 1.58. The number of Topliss-reactive ketones (excluding diaryl/α,β-unsaturated/α-hetero) is 1. The molecular formula is C19H25NO4S. The summed E-state index contributed by atoms with van der Waals surface area (Å²) in [6.45, 7) is 4.64. The molecule has 0 spiro atoms. The summed E-state index contributed by atoms with van der Waals surface area (Å²) >= 11 is 1.70. The van der Waals surface area contributed by atoms with Crippen LogP contribution in [-0.4, -0.2) is 54.1 Å². The molecule has 0 bridgehead atoms. The molecule has 0 saturated heterocycles. The van der Waals surface area contributed by atoms with Gasteiger partial charge in [-0.1, -0.05) is 0 Å². The number of hydrogen-bond acceptors (Lipinski definition) is 6. The monoisotopic (exact) mass is 363 g/mol. The number of benzene rings is 1. The molecule has 2 rings (SSSR count). The summed E-state index contributed by atoms with van der Waals surface area (Å²) in [6.07, 6.45) is 5.41. The standard InChI is InChI=1S/C19H25NO4S/c1-13-9-16(21)10-14(2)20(13)12-17(22)15-5-6-18(23-3)19(11-15)24-7-8-25-4/h5-6,9-11,13,21H,7-8,12H2,1-4H3. The molecule has 0 fully saturated rings. The molecule has 0 saturated carbocycles. The summed E-state index contributed by atoms with van der Waals surface area (Å²) in [5.41, 5.74) is 1.45. The molecule has 0 aliphatic carbocycles. The number of methoxy groups -OCH3 is 1. The molecule has 5 nitrogen and oxygen atoms in total. The molecule has 1 atom stereocenters. The lowest BCUT2D eigenvalue weighted by Crippen LogP contribution is -2.36. The van der Waals surface area contributed by atoms with Gasteiger partial charge in [0.2, 0.25) is 0 Å². The fraction of sp³-hybridized carbons (Fsp3) is 0.421. The first kappa shape index (κ1) is 19.2. The lowest BCUT2D eigenvalue weighted by molar-refractivity contribution is 0.0936. The zero-order chi connectivity index (χ0) is 18.4. The Balaban J connectivity index is 2.13. The van der Waals surface area contributed by atoms with E-state index in [1.165, 1.54) is 0 Å². The molecule has 1 aromatic rings. The van der Waals surface area contributed by atoms with Crippen LogP contribution in [0.5, 0.6) is 11.5 Å². The van der Waals surface area contributed by atoms with Gasteiger partial charge < -0.3 is 19.5 Å². The Morgan fingerprint density at radius 1 is 1.36 bits per heavy atom. The van der Waals surface area contributed by atoms with Crippen LogP contribution in [-0.2, 0) is 0 Å². The van der Waals surface area contributed by atoms with Gasteiger partial charge in [0.1, 0.15) is 5.76 Å². The molecule has 1 heterocycles.